The van der Waals surface area contributed by atoms with Crippen molar-refractivity contribution in [3.63, 3.8) is 0 Å². The summed E-state index contributed by atoms with van der Waals surface area (Å²) in [5.41, 5.74) is 2.92. The first-order valence-corrected chi connectivity index (χ1v) is 12.5. The van der Waals surface area contributed by atoms with Crippen LogP contribution in [0.4, 0.5) is 5.00 Å². The third kappa shape index (κ3) is 4.00. The van der Waals surface area contributed by atoms with E-state index in [1.165, 1.54) is 33.2 Å². The highest BCUT2D eigenvalue weighted by Crippen LogP contribution is 2.43. The molecule has 0 aliphatic carbocycles. The van der Waals surface area contributed by atoms with E-state index in [4.69, 9.17) is 9.82 Å². The summed E-state index contributed by atoms with van der Waals surface area (Å²) in [6.07, 6.45) is 6.70. The van der Waals surface area contributed by atoms with Crippen molar-refractivity contribution in [2.75, 3.05) is 23.7 Å². The van der Waals surface area contributed by atoms with Gasteiger partial charge in [-0.1, -0.05) is 29.1 Å². The van der Waals surface area contributed by atoms with Gasteiger partial charge in [0.05, 0.1) is 16.8 Å². The Labute approximate surface area is 182 Å². The zero-order valence-corrected chi connectivity index (χ0v) is 18.9. The van der Waals surface area contributed by atoms with Crippen molar-refractivity contribution in [3.05, 3.63) is 48.6 Å². The molecule has 1 aliphatic heterocycles. The zero-order chi connectivity index (χ0) is 21.3. The van der Waals surface area contributed by atoms with E-state index in [1.807, 2.05) is 19.1 Å². The second-order valence-electron chi connectivity index (χ2n) is 6.56. The highest BCUT2D eigenvalue weighted by atomic mass is 32.2. The van der Waals surface area contributed by atoms with Crippen LogP contribution in [0.3, 0.4) is 0 Å². The first-order valence-electron chi connectivity index (χ1n) is 9.05. The number of rotatable bonds is 6. The van der Waals surface area contributed by atoms with Gasteiger partial charge >= 0.3 is 0 Å². The van der Waals surface area contributed by atoms with Crippen molar-refractivity contribution in [3.8, 4) is 20.5 Å². The maximum atomic E-state index is 12.3. The number of hydrogen-bond donors (Lipinski definition) is 0. The first kappa shape index (κ1) is 20.6. The Balaban J connectivity index is 1.79. The molecule has 4 rings (SSSR count). The minimum absolute atomic E-state index is 0.272. The van der Waals surface area contributed by atoms with Crippen LogP contribution in [0, 0.1) is 6.92 Å². The third-order valence-electron chi connectivity index (χ3n) is 4.33. The third-order valence-corrected chi connectivity index (χ3v) is 8.05. The molecule has 0 unspecified atom stereocenters. The Morgan fingerprint density at radius 3 is 2.87 bits per heavy atom. The Morgan fingerprint density at radius 2 is 2.17 bits per heavy atom. The van der Waals surface area contributed by atoms with Gasteiger partial charge < -0.3 is 4.84 Å². The maximum absolute atomic E-state index is 12.3. The van der Waals surface area contributed by atoms with Crippen molar-refractivity contribution >= 4 is 43.4 Å². The second kappa shape index (κ2) is 8.25. The molecule has 0 saturated carbocycles. The van der Waals surface area contributed by atoms with Crippen LogP contribution in [0.1, 0.15) is 17.8 Å². The number of anilines is 1. The van der Waals surface area contributed by atoms with Gasteiger partial charge in [-0.3, -0.25) is 9.29 Å². The van der Waals surface area contributed by atoms with Gasteiger partial charge in [0.2, 0.25) is 10.0 Å². The number of thiazole rings is 2. The number of sulfonamides is 1. The number of nitrogens with zero attached hydrogens (tertiary/aromatic N) is 5. The molecule has 4 heterocycles. The molecule has 156 valence electrons. The van der Waals surface area contributed by atoms with Crippen LogP contribution in [0.25, 0.3) is 20.5 Å². The average Bonchev–Trinajstić information content (AvgIpc) is 3.32. The predicted molar refractivity (Wildman–Crippen MR) is 121 cm³/mol. The molecular formula is C19H19N5O3S3. The molecule has 0 radical (unpaired) electrons. The van der Waals surface area contributed by atoms with Crippen LogP contribution in [0.15, 0.2) is 42.3 Å². The van der Waals surface area contributed by atoms with E-state index in [0.717, 1.165) is 21.1 Å². The van der Waals surface area contributed by atoms with Crippen LogP contribution in [0.2, 0.25) is 0 Å². The highest BCUT2D eigenvalue weighted by Gasteiger charge is 2.33. The maximum Gasteiger partial charge on any atom is 0.232 e. The molecule has 30 heavy (non-hydrogen) atoms. The minimum atomic E-state index is -3.43. The van der Waals surface area contributed by atoms with Crippen molar-refractivity contribution < 1.29 is 13.3 Å². The molecule has 8 nitrogen and oxygen atoms in total. The largest absolute Gasteiger partial charge is 0.391 e. The predicted octanol–water partition coefficient (Wildman–Crippen LogP) is 3.71. The Morgan fingerprint density at radius 1 is 1.33 bits per heavy atom. The van der Waals surface area contributed by atoms with E-state index in [0.29, 0.717) is 34.4 Å². The summed E-state index contributed by atoms with van der Waals surface area (Å²) in [6.45, 7) is 6.10. The minimum Gasteiger partial charge on any atom is -0.391 e. The van der Waals surface area contributed by atoms with Crippen molar-refractivity contribution in [1.29, 1.82) is 0 Å². The zero-order valence-electron chi connectivity index (χ0n) is 16.4. The molecule has 3 aromatic heterocycles. The van der Waals surface area contributed by atoms with Crippen LogP contribution in [-0.4, -0.2) is 48.5 Å². The molecule has 0 bridgehead atoms. The van der Waals surface area contributed by atoms with Gasteiger partial charge in [0.1, 0.15) is 33.0 Å². The summed E-state index contributed by atoms with van der Waals surface area (Å²) in [4.78, 5) is 19.7. The summed E-state index contributed by atoms with van der Waals surface area (Å²) in [5.74, 6) is 0. The van der Waals surface area contributed by atoms with Gasteiger partial charge in [0.25, 0.3) is 0 Å². The number of aryl methyl sites for hydroxylation is 1. The van der Waals surface area contributed by atoms with E-state index in [2.05, 4.69) is 21.7 Å². The molecule has 0 atom stereocenters. The van der Waals surface area contributed by atoms with Gasteiger partial charge in [-0.05, 0) is 19.1 Å². The topological polar surface area (TPSA) is 97.6 Å². The second-order valence-corrected chi connectivity index (χ2v) is 10.4. The van der Waals surface area contributed by atoms with E-state index in [-0.39, 0.29) is 6.61 Å². The summed E-state index contributed by atoms with van der Waals surface area (Å²) in [6, 6.07) is 3.82. The van der Waals surface area contributed by atoms with Crippen LogP contribution in [-0.2, 0) is 14.9 Å². The Kier molecular flexibility index (Phi) is 5.67. The van der Waals surface area contributed by atoms with Gasteiger partial charge in [-0.25, -0.2) is 18.4 Å². The Hall–Kier alpha value is -2.63. The van der Waals surface area contributed by atoms with Crippen LogP contribution >= 0.6 is 22.7 Å². The number of aromatic nitrogens is 3. The van der Waals surface area contributed by atoms with Crippen molar-refractivity contribution in [2.45, 2.75) is 13.3 Å². The van der Waals surface area contributed by atoms with E-state index < -0.39 is 10.0 Å². The summed E-state index contributed by atoms with van der Waals surface area (Å²) >= 11 is 2.83. The molecule has 0 spiro atoms. The fraction of sp³-hybridized carbons (Fsp3) is 0.263. The van der Waals surface area contributed by atoms with E-state index >= 15 is 0 Å². The standard InChI is InChI=1S/C19H19N5O3S3/c1-4-10-27-23-14-7-9-24(30(3,25)26)19-15(14)22-18(29-19)16-12(2)21-17(28-16)13-6-5-8-20-11-13/h4-6,8,11H,1,7,9-10H2,2-3H3. The van der Waals surface area contributed by atoms with E-state index in [1.54, 1.807) is 18.5 Å². The normalized spacial score (nSPS) is 15.3. The number of fused-ring (bicyclic) bond motifs is 1. The lowest BCUT2D eigenvalue weighted by atomic mass is 10.1. The van der Waals surface area contributed by atoms with Gasteiger partial charge in [-0.15, -0.1) is 11.3 Å². The molecule has 0 aromatic carbocycles. The quantitative estimate of drug-likeness (QED) is 0.315. The fourth-order valence-corrected chi connectivity index (χ4v) is 6.51. The highest BCUT2D eigenvalue weighted by molar-refractivity contribution is 7.92. The first-order chi connectivity index (χ1) is 14.4. The van der Waals surface area contributed by atoms with Crippen LogP contribution < -0.4 is 4.31 Å². The molecule has 3 aromatic rings. The number of oxime groups is 1. The monoisotopic (exact) mass is 461 g/mol. The SMILES string of the molecule is C=CCON=C1CCN(S(C)(=O)=O)c2sc(-c3sc(-c4cccnc4)nc3C)nc21. The smallest absolute Gasteiger partial charge is 0.232 e. The lowest BCUT2D eigenvalue weighted by molar-refractivity contribution is 0.174. The number of hydrogen-bond acceptors (Lipinski definition) is 9. The molecular weight excluding hydrogens is 442 g/mol. The average molecular weight is 462 g/mol. The summed E-state index contributed by atoms with van der Waals surface area (Å²) in [7, 11) is -3.43. The van der Waals surface area contributed by atoms with E-state index in [9.17, 15) is 8.42 Å². The van der Waals surface area contributed by atoms with Gasteiger partial charge in [-0.2, -0.15) is 0 Å². The van der Waals surface area contributed by atoms with Gasteiger partial charge in [0.15, 0.2) is 0 Å². The molecule has 1 aliphatic rings. The fourth-order valence-electron chi connectivity index (χ4n) is 2.97. The summed E-state index contributed by atoms with van der Waals surface area (Å²) < 4.78 is 26.0. The number of pyridine rings is 1. The molecule has 0 saturated heterocycles. The molecule has 0 amide bonds. The van der Waals surface area contributed by atoms with Gasteiger partial charge in [0, 0.05) is 30.9 Å². The van der Waals surface area contributed by atoms with Crippen molar-refractivity contribution in [2.24, 2.45) is 5.16 Å². The summed E-state index contributed by atoms with van der Waals surface area (Å²) in [5, 5.41) is 6.26. The lowest BCUT2D eigenvalue weighted by Gasteiger charge is -2.25. The molecule has 0 fully saturated rings. The Bertz CT molecular complexity index is 1220. The van der Waals surface area contributed by atoms with Crippen LogP contribution in [0.5, 0.6) is 0 Å². The molecule has 11 heteroatoms. The molecule has 0 N–H and O–H groups in total. The van der Waals surface area contributed by atoms with Crippen molar-refractivity contribution in [1.82, 2.24) is 15.0 Å². The lowest BCUT2D eigenvalue weighted by Crippen LogP contribution is -2.36.